The van der Waals surface area contributed by atoms with Gasteiger partial charge in [-0.1, -0.05) is 12.1 Å². The normalized spacial score (nSPS) is 32.1. The van der Waals surface area contributed by atoms with E-state index in [1.54, 1.807) is 0 Å². The van der Waals surface area contributed by atoms with E-state index in [0.29, 0.717) is 5.56 Å². The van der Waals surface area contributed by atoms with E-state index in [1.165, 1.54) is 43.5 Å². The third-order valence-electron chi connectivity index (χ3n) is 11.8. The number of carboxylic acids is 1. The molecule has 16 atom stereocenters. The van der Waals surface area contributed by atoms with Crippen LogP contribution in [0.3, 0.4) is 0 Å². The van der Waals surface area contributed by atoms with Crippen molar-refractivity contribution in [3.8, 4) is 40.2 Å². The highest BCUT2D eigenvalue weighted by Crippen LogP contribution is 2.46. The van der Waals surface area contributed by atoms with Crippen molar-refractivity contribution in [1.29, 1.82) is 0 Å². The van der Waals surface area contributed by atoms with Crippen molar-refractivity contribution in [3.63, 3.8) is 0 Å². The van der Waals surface area contributed by atoms with Crippen LogP contribution in [0.1, 0.15) is 29.2 Å². The van der Waals surface area contributed by atoms with E-state index in [-0.39, 0.29) is 39.9 Å². The summed E-state index contributed by atoms with van der Waals surface area (Å²) in [5.41, 5.74) is 0.279. The summed E-state index contributed by atoms with van der Waals surface area (Å²) in [4.78, 5) is 35.6. The van der Waals surface area contributed by atoms with Crippen molar-refractivity contribution in [2.75, 3.05) is 26.9 Å². The Kier molecular flexibility index (Phi) is 17.2. The monoisotopic (exact) mass is 1040 g/mol. The first kappa shape index (κ1) is 54.2. The first-order valence-corrected chi connectivity index (χ1v) is 22.0. The van der Waals surface area contributed by atoms with Crippen molar-refractivity contribution >= 4 is 30.1 Å². The second-order valence-corrected chi connectivity index (χ2v) is 16.9. The lowest BCUT2D eigenvalue weighted by Gasteiger charge is -2.41. The van der Waals surface area contributed by atoms with Crippen LogP contribution in [0.5, 0.6) is 40.2 Å². The number of phenols is 3. The van der Waals surface area contributed by atoms with Crippen LogP contribution < -0.4 is 18.9 Å². The zero-order chi connectivity index (χ0) is 53.0. The lowest BCUT2D eigenvalue weighted by Crippen LogP contribution is -2.60. The predicted octanol–water partition coefficient (Wildman–Crippen LogP) is -3.25. The maximum Gasteiger partial charge on any atom is 0.330 e. The van der Waals surface area contributed by atoms with Gasteiger partial charge in [0.05, 0.1) is 19.3 Å². The minimum Gasteiger partial charge on any atom is -0.507 e. The highest BCUT2D eigenvalue weighted by Gasteiger charge is 2.49. The van der Waals surface area contributed by atoms with Crippen LogP contribution >= 0.6 is 0 Å². The van der Waals surface area contributed by atoms with Gasteiger partial charge in [-0.25, -0.2) is 4.79 Å². The molecule has 14 N–H and O–H groups in total. The first-order chi connectivity index (χ1) is 34.7. The maximum atomic E-state index is 12.6. The number of esters is 2. The molecule has 0 bridgehead atoms. The van der Waals surface area contributed by atoms with Crippen LogP contribution in [0.2, 0.25) is 0 Å². The molecule has 27 heteroatoms. The number of aliphatic carboxylic acids is 1. The number of carboxylic acid groups (broad SMARTS) is 1. The van der Waals surface area contributed by atoms with Crippen LogP contribution in [-0.2, 0) is 42.8 Å². The van der Waals surface area contributed by atoms with Gasteiger partial charge in [0.15, 0.2) is 29.1 Å². The zero-order valence-corrected chi connectivity index (χ0v) is 38.0. The summed E-state index contributed by atoms with van der Waals surface area (Å²) in [6.45, 7) is -2.30. The molecular formula is C46H52O27. The number of hydrogen-bond acceptors (Lipinski definition) is 26. The summed E-state index contributed by atoms with van der Waals surface area (Å²) < 4.78 is 55.8. The second-order valence-electron chi connectivity index (χ2n) is 16.9. The lowest BCUT2D eigenvalue weighted by molar-refractivity contribution is -0.294. The molecule has 0 aliphatic carbocycles. The Morgan fingerprint density at radius 1 is 0.616 bits per heavy atom. The molecule has 3 fully saturated rings. The largest absolute Gasteiger partial charge is 0.507 e. The molecule has 0 spiro atoms. The fourth-order valence-corrected chi connectivity index (χ4v) is 7.80. The quantitative estimate of drug-likeness (QED) is 0.0359. The van der Waals surface area contributed by atoms with E-state index in [9.17, 15) is 80.8 Å². The van der Waals surface area contributed by atoms with Gasteiger partial charge in [0.2, 0.25) is 18.9 Å². The van der Waals surface area contributed by atoms with Crippen LogP contribution in [-0.4, -0.2) is 208 Å². The van der Waals surface area contributed by atoms with E-state index in [2.05, 4.69) is 0 Å². The molecule has 4 aliphatic heterocycles. The van der Waals surface area contributed by atoms with E-state index in [0.717, 1.165) is 30.4 Å². The zero-order valence-electron chi connectivity index (χ0n) is 38.0. The van der Waals surface area contributed by atoms with Gasteiger partial charge in [0.25, 0.3) is 0 Å². The molecule has 1 unspecified atom stereocenters. The van der Waals surface area contributed by atoms with Gasteiger partial charge in [-0.05, 0) is 42.0 Å². The van der Waals surface area contributed by atoms with Crippen LogP contribution in [0.25, 0.3) is 12.2 Å². The van der Waals surface area contributed by atoms with Gasteiger partial charge in [-0.2, -0.15) is 0 Å². The van der Waals surface area contributed by atoms with Gasteiger partial charge in [-0.3, -0.25) is 9.59 Å². The highest BCUT2D eigenvalue weighted by atomic mass is 16.7. The number of ether oxygens (including phenoxy) is 10. The molecule has 0 amide bonds. The number of methoxy groups -OCH3 is 1. The SMILES string of the molecule is COc1cc(/C=C/C(=O)OC[C@@H]2O[C@@H](Oc3cc(O)c4c(c3)OC(c3ccc(O)c(O[C@@H]5O[C@@H](CO)[C@H](O)[C@H](O)[C@@H]5O)c3)C(O[C@@H]3O[C@H](COC(=O)CC(=O)O)[C@H](O)[C@H](O)[C@H]3O)=C4)[C@@H](O)[C@@H](O)[C@H]2O)ccc1O. The Labute approximate surface area is 411 Å². The van der Waals surface area contributed by atoms with Crippen LogP contribution in [0.4, 0.5) is 0 Å². The Bertz CT molecular complexity index is 2510. The smallest absolute Gasteiger partial charge is 0.330 e. The minimum atomic E-state index is -2.05. The number of aromatic hydroxyl groups is 3. The number of rotatable bonds is 17. The average Bonchev–Trinajstić information content (AvgIpc) is 3.36. The van der Waals surface area contributed by atoms with Gasteiger partial charge >= 0.3 is 17.9 Å². The average molecular weight is 1040 g/mol. The summed E-state index contributed by atoms with van der Waals surface area (Å²) in [5, 5.41) is 147. The Balaban J connectivity index is 1.15. The number of aliphatic hydroxyl groups is 10. The van der Waals surface area contributed by atoms with Gasteiger partial charge in [0, 0.05) is 23.8 Å². The molecule has 0 aromatic heterocycles. The number of hydrogen-bond donors (Lipinski definition) is 14. The Morgan fingerprint density at radius 3 is 1.79 bits per heavy atom. The summed E-state index contributed by atoms with van der Waals surface area (Å²) in [7, 11) is 1.34. The Morgan fingerprint density at radius 2 is 1.18 bits per heavy atom. The van der Waals surface area contributed by atoms with Crippen LogP contribution in [0.15, 0.2) is 60.4 Å². The van der Waals surface area contributed by atoms with E-state index < -0.39 is 160 Å². The van der Waals surface area contributed by atoms with Crippen molar-refractivity contribution in [3.05, 3.63) is 77.1 Å². The molecule has 398 valence electrons. The van der Waals surface area contributed by atoms with E-state index >= 15 is 0 Å². The van der Waals surface area contributed by atoms with Gasteiger partial charge in [-0.15, -0.1) is 0 Å². The third kappa shape index (κ3) is 12.3. The molecule has 27 nitrogen and oxygen atoms in total. The lowest BCUT2D eigenvalue weighted by atomic mass is 9.98. The molecule has 4 heterocycles. The molecule has 7 rings (SSSR count). The Hall–Kier alpha value is -6.57. The van der Waals surface area contributed by atoms with Gasteiger partial charge < -0.3 is 119 Å². The fourth-order valence-electron chi connectivity index (χ4n) is 7.80. The molecule has 3 saturated heterocycles. The number of phenolic OH excluding ortho intramolecular Hbond substituents is 3. The van der Waals surface area contributed by atoms with E-state index in [1.807, 2.05) is 0 Å². The topological polar surface area (TPSA) is 427 Å². The van der Waals surface area contributed by atoms with Gasteiger partial charge in [0.1, 0.15) is 116 Å². The van der Waals surface area contributed by atoms with E-state index in [4.69, 9.17) is 52.5 Å². The highest BCUT2D eigenvalue weighted by molar-refractivity contribution is 5.90. The molecule has 3 aromatic carbocycles. The number of carbonyl (C=O) groups is 3. The molecular weight excluding hydrogens is 984 g/mol. The molecule has 3 aromatic rings. The number of aliphatic hydroxyl groups excluding tert-OH is 10. The third-order valence-corrected chi connectivity index (χ3v) is 11.8. The first-order valence-electron chi connectivity index (χ1n) is 22.0. The molecule has 0 radical (unpaired) electrons. The van der Waals surface area contributed by atoms with Crippen molar-refractivity contribution in [2.45, 2.75) is 105 Å². The van der Waals surface area contributed by atoms with Crippen molar-refractivity contribution in [1.82, 2.24) is 0 Å². The maximum absolute atomic E-state index is 12.6. The predicted molar refractivity (Wildman–Crippen MR) is 235 cm³/mol. The second kappa shape index (κ2) is 23.1. The van der Waals surface area contributed by atoms with Crippen molar-refractivity contribution < 1.29 is 133 Å². The summed E-state index contributed by atoms with van der Waals surface area (Å²) in [6.07, 6.45) is -26.4. The number of carbonyl (C=O) groups excluding carboxylic acids is 2. The fraction of sp³-hybridized carbons (Fsp3) is 0.457. The molecule has 4 aliphatic rings. The molecule has 0 saturated carbocycles. The number of benzene rings is 3. The van der Waals surface area contributed by atoms with Crippen molar-refractivity contribution in [2.24, 2.45) is 0 Å². The minimum absolute atomic E-state index is 0.0108. The molecule has 73 heavy (non-hydrogen) atoms. The summed E-state index contributed by atoms with van der Waals surface area (Å²) in [6, 6.07) is 9.90. The number of fused-ring (bicyclic) bond motifs is 1. The summed E-state index contributed by atoms with van der Waals surface area (Å²) in [5.74, 6) is -6.21. The standard InChI is InChI=1S/C46H52O27/c1-64-25-8-17(2-5-21(25)48)3-7-32(53)65-15-29-35(56)38(59)40(61)44(72-29)67-19-10-23(50)20-12-27(70-46-42(63)39(60)36(57)30(73-46)16-66-33(54)13-31(51)52)43(68-24(20)11-19)18-4-6-22(49)26(9-18)69-45-41(62)37(58)34(55)28(14-47)71-45/h2-12,28-30,34-50,55-63H,13-16H2,1H3,(H,51,52)/b7-3+/t28-,29-,30+,34-,35-,36-,37-,38-,39-,40-,41-,42+,43?,44+,45+,46+/m0/s1. The summed E-state index contributed by atoms with van der Waals surface area (Å²) >= 11 is 0. The van der Waals surface area contributed by atoms with Crippen LogP contribution in [0, 0.1) is 0 Å².